The van der Waals surface area contributed by atoms with Gasteiger partial charge in [-0.15, -0.1) is 0 Å². The van der Waals surface area contributed by atoms with Crippen molar-refractivity contribution in [2.24, 2.45) is 5.41 Å². The first-order valence-corrected chi connectivity index (χ1v) is 8.05. The van der Waals surface area contributed by atoms with Crippen LogP contribution < -0.4 is 5.46 Å². The van der Waals surface area contributed by atoms with Crippen LogP contribution in [0.15, 0.2) is 12.1 Å². The smallest absolute Gasteiger partial charge is 0.407 e. The Hall–Kier alpha value is -0.835. The summed E-state index contributed by atoms with van der Waals surface area (Å²) in [4.78, 5) is 0. The van der Waals surface area contributed by atoms with Crippen LogP contribution in [0.2, 0.25) is 0 Å². The Bertz CT molecular complexity index is 503. The first kappa shape index (κ1) is 15.1. The fraction of sp³-hybridized carbons (Fsp3) is 0.647. The second kappa shape index (κ2) is 6.11. The molecule has 0 spiro atoms. The molecule has 3 rings (SSSR count). The molecule has 0 aliphatic carbocycles. The van der Waals surface area contributed by atoms with E-state index in [1.54, 1.807) is 0 Å². The van der Waals surface area contributed by atoms with Gasteiger partial charge in [-0.05, 0) is 35.0 Å². The molecular formula is C17H25BO3. The Morgan fingerprint density at radius 1 is 1.14 bits per heavy atom. The summed E-state index contributed by atoms with van der Waals surface area (Å²) in [5.74, 6) is 0. The summed E-state index contributed by atoms with van der Waals surface area (Å²) in [5.41, 5.74) is 5.31. The van der Waals surface area contributed by atoms with Crippen LogP contribution in [0.4, 0.5) is 0 Å². The highest BCUT2D eigenvalue weighted by Crippen LogP contribution is 2.26. The van der Waals surface area contributed by atoms with Crippen molar-refractivity contribution >= 4 is 12.6 Å². The molecule has 1 aromatic carbocycles. The average Bonchev–Trinajstić information content (AvgIpc) is 2.93. The molecule has 0 atom stereocenters. The van der Waals surface area contributed by atoms with E-state index in [9.17, 15) is 0 Å². The number of hydrogen-bond donors (Lipinski definition) is 0. The lowest BCUT2D eigenvalue weighted by Gasteiger charge is -2.34. The Morgan fingerprint density at radius 2 is 1.90 bits per heavy atom. The lowest BCUT2D eigenvalue weighted by molar-refractivity contribution is 0.0340. The summed E-state index contributed by atoms with van der Waals surface area (Å²) in [6.07, 6.45) is 3.49. The molecule has 3 nitrogen and oxygen atoms in total. The minimum atomic E-state index is -0.221. The van der Waals surface area contributed by atoms with Crippen molar-refractivity contribution in [1.82, 2.24) is 0 Å². The average molecular weight is 288 g/mol. The molecule has 2 heterocycles. The van der Waals surface area contributed by atoms with E-state index in [1.807, 2.05) is 0 Å². The van der Waals surface area contributed by atoms with Crippen LogP contribution >= 0.6 is 0 Å². The number of ether oxygens (including phenoxy) is 1. The van der Waals surface area contributed by atoms with Crippen molar-refractivity contribution < 1.29 is 14.0 Å². The summed E-state index contributed by atoms with van der Waals surface area (Å²) < 4.78 is 17.7. The lowest BCUT2D eigenvalue weighted by atomic mass is 9.69. The van der Waals surface area contributed by atoms with Gasteiger partial charge in [-0.1, -0.05) is 39.3 Å². The first-order valence-electron chi connectivity index (χ1n) is 8.05. The molecule has 0 bridgehead atoms. The third-order valence-electron chi connectivity index (χ3n) is 4.33. The molecule has 1 aromatic rings. The summed E-state index contributed by atoms with van der Waals surface area (Å²) in [6.45, 7) is 9.49. The normalized spacial score (nSPS) is 20.6. The van der Waals surface area contributed by atoms with Gasteiger partial charge in [-0.25, -0.2) is 0 Å². The second-order valence-electron chi connectivity index (χ2n) is 6.99. The minimum absolute atomic E-state index is 0.106. The number of benzene rings is 1. The molecule has 0 N–H and O–H groups in total. The topological polar surface area (TPSA) is 27.7 Å². The van der Waals surface area contributed by atoms with E-state index in [-0.39, 0.29) is 12.5 Å². The minimum Gasteiger partial charge on any atom is -0.407 e. The molecule has 4 heteroatoms. The molecule has 0 amide bonds. The van der Waals surface area contributed by atoms with Crippen LogP contribution in [0.25, 0.3) is 0 Å². The van der Waals surface area contributed by atoms with Crippen LogP contribution in [0.1, 0.15) is 50.3 Å². The van der Waals surface area contributed by atoms with Gasteiger partial charge in [0, 0.05) is 18.6 Å². The molecular weight excluding hydrogens is 263 g/mol. The molecule has 1 fully saturated rings. The summed E-state index contributed by atoms with van der Waals surface area (Å²) in [5, 5.41) is 0. The summed E-state index contributed by atoms with van der Waals surface area (Å²) in [7, 11) is -0.221. The van der Waals surface area contributed by atoms with E-state index in [2.05, 4.69) is 32.9 Å². The SMILES string of the molecule is CCCCc1ccc2c(c1B1OCC(C)(C)CO1)COC2. The van der Waals surface area contributed by atoms with Crippen LogP contribution in [0.3, 0.4) is 0 Å². The van der Waals surface area contributed by atoms with Crippen molar-refractivity contribution in [2.45, 2.75) is 53.2 Å². The van der Waals surface area contributed by atoms with Gasteiger partial charge in [0.15, 0.2) is 0 Å². The predicted octanol–water partition coefficient (Wildman–Crippen LogP) is 2.83. The highest BCUT2D eigenvalue weighted by Gasteiger charge is 2.37. The number of rotatable bonds is 4. The standard InChI is InChI=1S/C17H25BO3/c1-4-5-6-13-7-8-14-9-19-10-15(14)16(13)18-20-11-17(2,3)12-21-18/h7-8H,4-6,9-12H2,1-3H3. The van der Waals surface area contributed by atoms with Crippen molar-refractivity contribution in [3.05, 3.63) is 28.8 Å². The summed E-state index contributed by atoms with van der Waals surface area (Å²) >= 11 is 0. The van der Waals surface area contributed by atoms with E-state index in [1.165, 1.54) is 35.0 Å². The first-order chi connectivity index (χ1) is 10.1. The van der Waals surface area contributed by atoms with Gasteiger partial charge in [-0.2, -0.15) is 0 Å². The Kier molecular flexibility index (Phi) is 4.39. The van der Waals surface area contributed by atoms with Gasteiger partial charge in [0.2, 0.25) is 0 Å². The quantitative estimate of drug-likeness (QED) is 0.797. The van der Waals surface area contributed by atoms with E-state index < -0.39 is 0 Å². The Labute approximate surface area is 128 Å². The molecule has 0 saturated carbocycles. The fourth-order valence-electron chi connectivity index (χ4n) is 3.06. The van der Waals surface area contributed by atoms with Gasteiger partial charge >= 0.3 is 7.12 Å². The van der Waals surface area contributed by atoms with Crippen molar-refractivity contribution in [3.63, 3.8) is 0 Å². The highest BCUT2D eigenvalue weighted by molar-refractivity contribution is 6.62. The number of fused-ring (bicyclic) bond motifs is 1. The van der Waals surface area contributed by atoms with Crippen molar-refractivity contribution in [1.29, 1.82) is 0 Å². The molecule has 2 aliphatic heterocycles. The zero-order chi connectivity index (χ0) is 14.9. The van der Waals surface area contributed by atoms with E-state index in [4.69, 9.17) is 14.0 Å². The number of unbranched alkanes of at least 4 members (excludes halogenated alkanes) is 1. The molecule has 0 unspecified atom stereocenters. The predicted molar refractivity (Wildman–Crippen MR) is 84.6 cm³/mol. The maximum absolute atomic E-state index is 6.05. The van der Waals surface area contributed by atoms with Gasteiger partial charge < -0.3 is 14.0 Å². The van der Waals surface area contributed by atoms with Gasteiger partial charge in [0.05, 0.1) is 13.2 Å². The van der Waals surface area contributed by atoms with Crippen molar-refractivity contribution in [2.75, 3.05) is 13.2 Å². The van der Waals surface area contributed by atoms with Gasteiger partial charge in [0.25, 0.3) is 0 Å². The zero-order valence-electron chi connectivity index (χ0n) is 13.4. The van der Waals surface area contributed by atoms with Crippen LogP contribution in [0.5, 0.6) is 0 Å². The third-order valence-corrected chi connectivity index (χ3v) is 4.33. The molecule has 2 aliphatic rings. The molecule has 21 heavy (non-hydrogen) atoms. The van der Waals surface area contributed by atoms with E-state index in [0.29, 0.717) is 13.2 Å². The molecule has 0 radical (unpaired) electrons. The van der Waals surface area contributed by atoms with Crippen molar-refractivity contribution in [3.8, 4) is 0 Å². The molecule has 1 saturated heterocycles. The number of aryl methyl sites for hydroxylation is 1. The largest absolute Gasteiger partial charge is 0.494 e. The van der Waals surface area contributed by atoms with Crippen LogP contribution in [-0.2, 0) is 33.7 Å². The van der Waals surface area contributed by atoms with Gasteiger partial charge in [-0.3, -0.25) is 0 Å². The maximum Gasteiger partial charge on any atom is 0.494 e. The van der Waals surface area contributed by atoms with Crippen LogP contribution in [-0.4, -0.2) is 20.3 Å². The van der Waals surface area contributed by atoms with E-state index in [0.717, 1.165) is 19.6 Å². The Morgan fingerprint density at radius 3 is 2.62 bits per heavy atom. The molecule has 0 aromatic heterocycles. The molecule has 114 valence electrons. The lowest BCUT2D eigenvalue weighted by Crippen LogP contribution is -2.49. The summed E-state index contributed by atoms with van der Waals surface area (Å²) in [6, 6.07) is 4.45. The van der Waals surface area contributed by atoms with Crippen LogP contribution in [0, 0.1) is 5.41 Å². The number of hydrogen-bond acceptors (Lipinski definition) is 3. The fourth-order valence-corrected chi connectivity index (χ4v) is 3.06. The van der Waals surface area contributed by atoms with Gasteiger partial charge in [0.1, 0.15) is 0 Å². The second-order valence-corrected chi connectivity index (χ2v) is 6.99. The highest BCUT2D eigenvalue weighted by atomic mass is 16.6. The monoisotopic (exact) mass is 288 g/mol. The maximum atomic E-state index is 6.05. The third kappa shape index (κ3) is 3.18. The Balaban J connectivity index is 1.90. The van der Waals surface area contributed by atoms with E-state index >= 15 is 0 Å². The zero-order valence-corrected chi connectivity index (χ0v) is 13.4.